The zero-order valence-corrected chi connectivity index (χ0v) is 9.07. The van der Waals surface area contributed by atoms with E-state index in [1.54, 1.807) is 4.68 Å². The van der Waals surface area contributed by atoms with Gasteiger partial charge in [0.25, 0.3) is 0 Å². The molecule has 1 aromatic heterocycles. The van der Waals surface area contributed by atoms with Crippen LogP contribution in [-0.4, -0.2) is 27.5 Å². The standard InChI is InChI=1S/C10H19N3O/c1-4-10(7-14)12-8(2)9-5-11-13(3)6-9/h5-6,8,10,12,14H,4,7H2,1-3H3/t8-,10+/m1/s1. The van der Waals surface area contributed by atoms with Crippen molar-refractivity contribution in [2.75, 3.05) is 6.61 Å². The quantitative estimate of drug-likeness (QED) is 0.735. The van der Waals surface area contributed by atoms with Gasteiger partial charge in [0.05, 0.1) is 12.8 Å². The molecule has 80 valence electrons. The lowest BCUT2D eigenvalue weighted by molar-refractivity contribution is 0.230. The largest absolute Gasteiger partial charge is 0.395 e. The van der Waals surface area contributed by atoms with Crippen LogP contribution < -0.4 is 5.32 Å². The van der Waals surface area contributed by atoms with Gasteiger partial charge < -0.3 is 10.4 Å². The number of aryl methyl sites for hydroxylation is 1. The molecule has 1 rings (SSSR count). The summed E-state index contributed by atoms with van der Waals surface area (Å²) >= 11 is 0. The van der Waals surface area contributed by atoms with Crippen LogP contribution in [0.2, 0.25) is 0 Å². The maximum Gasteiger partial charge on any atom is 0.0584 e. The molecule has 4 nitrogen and oxygen atoms in total. The maximum absolute atomic E-state index is 9.04. The van der Waals surface area contributed by atoms with Crippen molar-refractivity contribution in [3.8, 4) is 0 Å². The van der Waals surface area contributed by atoms with Crippen LogP contribution in [0.25, 0.3) is 0 Å². The Hall–Kier alpha value is -0.870. The molecule has 1 aromatic rings. The van der Waals surface area contributed by atoms with Gasteiger partial charge in [-0.25, -0.2) is 0 Å². The molecule has 14 heavy (non-hydrogen) atoms. The van der Waals surface area contributed by atoms with E-state index in [9.17, 15) is 0 Å². The van der Waals surface area contributed by atoms with Crippen molar-refractivity contribution < 1.29 is 5.11 Å². The Morgan fingerprint density at radius 3 is 2.79 bits per heavy atom. The van der Waals surface area contributed by atoms with Gasteiger partial charge in [-0.2, -0.15) is 5.10 Å². The second kappa shape index (κ2) is 5.12. The van der Waals surface area contributed by atoms with E-state index in [0.29, 0.717) is 0 Å². The molecule has 0 saturated heterocycles. The van der Waals surface area contributed by atoms with Gasteiger partial charge in [0.15, 0.2) is 0 Å². The first kappa shape index (κ1) is 11.2. The minimum Gasteiger partial charge on any atom is -0.395 e. The van der Waals surface area contributed by atoms with Crippen molar-refractivity contribution in [1.29, 1.82) is 0 Å². The van der Waals surface area contributed by atoms with Gasteiger partial charge in [-0.3, -0.25) is 4.68 Å². The van der Waals surface area contributed by atoms with Crippen LogP contribution in [0.1, 0.15) is 31.9 Å². The SMILES string of the molecule is CC[C@@H](CO)N[C@H](C)c1cnn(C)c1. The molecule has 0 bridgehead atoms. The molecule has 4 heteroatoms. The molecule has 0 amide bonds. The average molecular weight is 197 g/mol. The summed E-state index contributed by atoms with van der Waals surface area (Å²) < 4.78 is 1.79. The summed E-state index contributed by atoms with van der Waals surface area (Å²) in [6.07, 6.45) is 4.77. The zero-order chi connectivity index (χ0) is 10.6. The van der Waals surface area contributed by atoms with E-state index in [4.69, 9.17) is 5.11 Å². The zero-order valence-electron chi connectivity index (χ0n) is 9.07. The topological polar surface area (TPSA) is 50.1 Å². The Labute approximate surface area is 84.9 Å². The molecule has 0 aliphatic rings. The third-order valence-corrected chi connectivity index (χ3v) is 2.42. The molecule has 0 aliphatic carbocycles. The van der Waals surface area contributed by atoms with Crippen molar-refractivity contribution in [3.63, 3.8) is 0 Å². The van der Waals surface area contributed by atoms with E-state index in [1.165, 1.54) is 0 Å². The van der Waals surface area contributed by atoms with Crippen LogP contribution in [-0.2, 0) is 7.05 Å². The highest BCUT2D eigenvalue weighted by Crippen LogP contribution is 2.11. The number of nitrogens with one attached hydrogen (secondary N) is 1. The molecular weight excluding hydrogens is 178 g/mol. The molecule has 0 radical (unpaired) electrons. The van der Waals surface area contributed by atoms with E-state index in [2.05, 4.69) is 24.3 Å². The number of nitrogens with zero attached hydrogens (tertiary/aromatic N) is 2. The lowest BCUT2D eigenvalue weighted by Crippen LogP contribution is -2.33. The van der Waals surface area contributed by atoms with Gasteiger partial charge in [0, 0.05) is 30.9 Å². The minimum absolute atomic E-state index is 0.171. The van der Waals surface area contributed by atoms with E-state index in [-0.39, 0.29) is 18.7 Å². The van der Waals surface area contributed by atoms with Crippen LogP contribution in [0, 0.1) is 0 Å². The molecule has 0 aromatic carbocycles. The maximum atomic E-state index is 9.04. The lowest BCUT2D eigenvalue weighted by Gasteiger charge is -2.19. The summed E-state index contributed by atoms with van der Waals surface area (Å²) in [7, 11) is 1.90. The van der Waals surface area contributed by atoms with Crippen LogP contribution in [0.4, 0.5) is 0 Å². The first-order chi connectivity index (χ1) is 6.67. The number of aliphatic hydroxyl groups excluding tert-OH is 1. The van der Waals surface area contributed by atoms with Crippen molar-refractivity contribution >= 4 is 0 Å². The van der Waals surface area contributed by atoms with Gasteiger partial charge in [0.2, 0.25) is 0 Å². The normalized spacial score (nSPS) is 15.4. The second-order valence-corrected chi connectivity index (χ2v) is 3.62. The highest BCUT2D eigenvalue weighted by molar-refractivity contribution is 5.09. The van der Waals surface area contributed by atoms with Crippen molar-refractivity contribution in [3.05, 3.63) is 18.0 Å². The summed E-state index contributed by atoms with van der Waals surface area (Å²) in [5, 5.41) is 16.5. The Bertz CT molecular complexity index is 268. The van der Waals surface area contributed by atoms with Crippen LogP contribution >= 0.6 is 0 Å². The molecule has 0 fully saturated rings. The Kier molecular flexibility index (Phi) is 4.10. The smallest absolute Gasteiger partial charge is 0.0584 e. The summed E-state index contributed by atoms with van der Waals surface area (Å²) in [6.45, 7) is 4.32. The molecular formula is C10H19N3O. The highest BCUT2D eigenvalue weighted by atomic mass is 16.3. The summed E-state index contributed by atoms with van der Waals surface area (Å²) in [6, 6.07) is 0.408. The Morgan fingerprint density at radius 1 is 1.64 bits per heavy atom. The van der Waals surface area contributed by atoms with Gasteiger partial charge in [-0.1, -0.05) is 6.92 Å². The van der Waals surface area contributed by atoms with E-state index in [0.717, 1.165) is 12.0 Å². The third-order valence-electron chi connectivity index (χ3n) is 2.42. The lowest BCUT2D eigenvalue weighted by atomic mass is 10.1. The second-order valence-electron chi connectivity index (χ2n) is 3.62. The average Bonchev–Trinajstić information content (AvgIpc) is 2.61. The third kappa shape index (κ3) is 2.82. The highest BCUT2D eigenvalue weighted by Gasteiger charge is 2.11. The van der Waals surface area contributed by atoms with Crippen LogP contribution in [0.5, 0.6) is 0 Å². The first-order valence-electron chi connectivity index (χ1n) is 5.02. The molecule has 2 N–H and O–H groups in total. The Balaban J connectivity index is 2.53. The van der Waals surface area contributed by atoms with Crippen LogP contribution in [0.3, 0.4) is 0 Å². The number of aliphatic hydroxyl groups is 1. The molecule has 0 spiro atoms. The molecule has 0 saturated carbocycles. The fourth-order valence-corrected chi connectivity index (χ4v) is 1.41. The first-order valence-corrected chi connectivity index (χ1v) is 5.02. The number of hydrogen-bond acceptors (Lipinski definition) is 3. The van der Waals surface area contributed by atoms with Gasteiger partial charge in [0.1, 0.15) is 0 Å². The summed E-state index contributed by atoms with van der Waals surface area (Å²) in [5.74, 6) is 0. The van der Waals surface area contributed by atoms with E-state index >= 15 is 0 Å². The predicted octanol–water partition coefficient (Wildman–Crippen LogP) is 0.842. The van der Waals surface area contributed by atoms with Crippen LogP contribution in [0.15, 0.2) is 12.4 Å². The number of rotatable bonds is 5. The summed E-state index contributed by atoms with van der Waals surface area (Å²) in [5.41, 5.74) is 1.15. The number of aromatic nitrogens is 2. The van der Waals surface area contributed by atoms with E-state index in [1.807, 2.05) is 19.4 Å². The van der Waals surface area contributed by atoms with Gasteiger partial charge in [-0.05, 0) is 13.3 Å². The monoisotopic (exact) mass is 197 g/mol. The van der Waals surface area contributed by atoms with E-state index < -0.39 is 0 Å². The molecule has 1 heterocycles. The van der Waals surface area contributed by atoms with Crippen molar-refractivity contribution in [2.24, 2.45) is 7.05 Å². The van der Waals surface area contributed by atoms with Crippen molar-refractivity contribution in [1.82, 2.24) is 15.1 Å². The molecule has 2 atom stereocenters. The fraction of sp³-hybridized carbons (Fsp3) is 0.700. The Morgan fingerprint density at radius 2 is 2.36 bits per heavy atom. The minimum atomic E-state index is 0.171. The van der Waals surface area contributed by atoms with Gasteiger partial charge in [-0.15, -0.1) is 0 Å². The van der Waals surface area contributed by atoms with Gasteiger partial charge >= 0.3 is 0 Å². The van der Waals surface area contributed by atoms with Crippen molar-refractivity contribution in [2.45, 2.75) is 32.4 Å². The summed E-state index contributed by atoms with van der Waals surface area (Å²) in [4.78, 5) is 0. The molecule has 0 aliphatic heterocycles. The fourth-order valence-electron chi connectivity index (χ4n) is 1.41. The molecule has 0 unspecified atom stereocenters. The number of hydrogen-bond donors (Lipinski definition) is 2. The predicted molar refractivity (Wildman–Crippen MR) is 55.9 cm³/mol.